The Morgan fingerprint density at radius 1 is 0.941 bits per heavy atom. The lowest BCUT2D eigenvalue weighted by molar-refractivity contribution is -0.117. The normalized spacial score (nSPS) is 13.3. The van der Waals surface area contributed by atoms with E-state index in [2.05, 4.69) is 17.4 Å². The van der Waals surface area contributed by atoms with Crippen LogP contribution in [-0.4, -0.2) is 28.1 Å². The van der Waals surface area contributed by atoms with Gasteiger partial charge in [-0.2, -0.15) is 5.10 Å². The van der Waals surface area contributed by atoms with Crippen molar-refractivity contribution in [1.82, 2.24) is 15.1 Å². The summed E-state index contributed by atoms with van der Waals surface area (Å²) in [6.07, 6.45) is 3.41. The van der Waals surface area contributed by atoms with E-state index in [1.807, 2.05) is 71.5 Å². The number of hydrogen-bond acceptors (Lipinski definition) is 3. The lowest BCUT2D eigenvalue weighted by Gasteiger charge is -2.16. The van der Waals surface area contributed by atoms with Crippen LogP contribution >= 0.6 is 0 Å². The monoisotopic (exact) mass is 450 g/mol. The van der Waals surface area contributed by atoms with E-state index in [1.54, 1.807) is 17.0 Å². The lowest BCUT2D eigenvalue weighted by Crippen LogP contribution is -2.25. The number of benzene rings is 3. The first-order valence-corrected chi connectivity index (χ1v) is 11.5. The molecule has 170 valence electrons. The number of carbonyl (C=O) groups excluding carboxylic acids is 2. The van der Waals surface area contributed by atoms with E-state index in [0.717, 1.165) is 34.5 Å². The van der Waals surface area contributed by atoms with Gasteiger partial charge in [0.15, 0.2) is 0 Å². The zero-order chi connectivity index (χ0) is 23.3. The van der Waals surface area contributed by atoms with Gasteiger partial charge in [-0.15, -0.1) is 0 Å². The van der Waals surface area contributed by atoms with Gasteiger partial charge in [-0.1, -0.05) is 66.7 Å². The van der Waals surface area contributed by atoms with Gasteiger partial charge in [0.05, 0.1) is 12.2 Å². The predicted molar refractivity (Wildman–Crippen MR) is 132 cm³/mol. The third kappa shape index (κ3) is 4.76. The van der Waals surface area contributed by atoms with E-state index in [4.69, 9.17) is 5.10 Å². The van der Waals surface area contributed by atoms with Crippen LogP contribution in [-0.2, 0) is 17.9 Å². The number of nitrogens with one attached hydrogen (secondary N) is 1. The molecule has 0 radical (unpaired) electrons. The molecule has 0 saturated carbocycles. The molecule has 1 N–H and O–H groups in total. The van der Waals surface area contributed by atoms with Crippen LogP contribution in [0, 0.1) is 0 Å². The molecule has 3 aromatic carbocycles. The minimum absolute atomic E-state index is 0.107. The van der Waals surface area contributed by atoms with Gasteiger partial charge in [0.2, 0.25) is 5.91 Å². The van der Waals surface area contributed by atoms with E-state index in [-0.39, 0.29) is 11.8 Å². The van der Waals surface area contributed by atoms with Gasteiger partial charge in [-0.05, 0) is 30.2 Å². The maximum absolute atomic E-state index is 13.0. The van der Waals surface area contributed by atoms with Crippen LogP contribution in [0.2, 0.25) is 0 Å². The summed E-state index contributed by atoms with van der Waals surface area (Å²) in [4.78, 5) is 26.8. The molecule has 0 unspecified atom stereocenters. The van der Waals surface area contributed by atoms with E-state index >= 15 is 0 Å². The first-order chi connectivity index (χ1) is 16.7. The third-order valence-electron chi connectivity index (χ3n) is 6.00. The quantitative estimate of drug-likeness (QED) is 0.446. The average molecular weight is 451 g/mol. The van der Waals surface area contributed by atoms with Crippen molar-refractivity contribution in [3.05, 3.63) is 108 Å². The van der Waals surface area contributed by atoms with Crippen LogP contribution in [0.4, 0.5) is 5.69 Å². The molecule has 4 aromatic rings. The summed E-state index contributed by atoms with van der Waals surface area (Å²) in [6, 6.07) is 27.4. The summed E-state index contributed by atoms with van der Waals surface area (Å²) >= 11 is 0. The Morgan fingerprint density at radius 3 is 2.44 bits per heavy atom. The molecule has 0 atom stereocenters. The molecule has 1 aliphatic rings. The topological polar surface area (TPSA) is 67.2 Å². The first kappa shape index (κ1) is 21.6. The summed E-state index contributed by atoms with van der Waals surface area (Å²) in [6.45, 7) is 1.70. The van der Waals surface area contributed by atoms with Crippen LogP contribution in [0.1, 0.15) is 34.3 Å². The molecule has 2 heterocycles. The van der Waals surface area contributed by atoms with E-state index < -0.39 is 0 Å². The molecule has 0 aliphatic carbocycles. The van der Waals surface area contributed by atoms with Crippen molar-refractivity contribution in [2.24, 2.45) is 0 Å². The van der Waals surface area contributed by atoms with Crippen LogP contribution in [0.25, 0.3) is 11.3 Å². The van der Waals surface area contributed by atoms with Gasteiger partial charge < -0.3 is 10.2 Å². The highest BCUT2D eigenvalue weighted by molar-refractivity contribution is 5.99. The molecular formula is C28H26N4O2. The van der Waals surface area contributed by atoms with Gasteiger partial charge in [0.25, 0.3) is 5.91 Å². The predicted octanol–water partition coefficient (Wildman–Crippen LogP) is 4.66. The number of amides is 2. The van der Waals surface area contributed by atoms with E-state index in [1.165, 1.54) is 0 Å². The fraction of sp³-hybridized carbons (Fsp3) is 0.179. The minimum Gasteiger partial charge on any atom is -0.348 e. The minimum atomic E-state index is -0.177. The molecule has 1 aromatic heterocycles. The molecular weight excluding hydrogens is 424 g/mol. The fourth-order valence-corrected chi connectivity index (χ4v) is 4.30. The Labute approximate surface area is 198 Å². The Morgan fingerprint density at radius 2 is 1.71 bits per heavy atom. The highest BCUT2D eigenvalue weighted by Crippen LogP contribution is 2.24. The number of nitrogens with zero attached hydrogens (tertiary/aromatic N) is 3. The number of anilines is 1. The van der Waals surface area contributed by atoms with Crippen molar-refractivity contribution in [1.29, 1.82) is 0 Å². The van der Waals surface area contributed by atoms with Crippen LogP contribution in [0.5, 0.6) is 0 Å². The molecule has 6 heteroatoms. The Balaban J connectivity index is 1.35. The van der Waals surface area contributed by atoms with Gasteiger partial charge in [0, 0.05) is 48.1 Å². The summed E-state index contributed by atoms with van der Waals surface area (Å²) in [5, 5.41) is 7.86. The average Bonchev–Trinajstić information content (AvgIpc) is 3.49. The molecule has 34 heavy (non-hydrogen) atoms. The van der Waals surface area contributed by atoms with Crippen molar-refractivity contribution in [2.45, 2.75) is 25.9 Å². The summed E-state index contributed by atoms with van der Waals surface area (Å²) in [5.74, 6) is -0.0702. The maximum atomic E-state index is 13.0. The zero-order valence-electron chi connectivity index (χ0n) is 18.9. The molecule has 1 fully saturated rings. The SMILES string of the molecule is O=C(NCc1cn(Cc2ccccc2)nc1-c1ccccc1)c1cccc(N2CCCC2=O)c1. The fourth-order valence-electron chi connectivity index (χ4n) is 4.30. The van der Waals surface area contributed by atoms with Gasteiger partial charge >= 0.3 is 0 Å². The van der Waals surface area contributed by atoms with Crippen LogP contribution in [0.3, 0.4) is 0 Å². The standard InChI is InChI=1S/C28H26N4O2/c33-26-15-8-16-32(26)25-14-7-13-23(17-25)28(34)29-18-24-20-31(19-21-9-3-1-4-10-21)30-27(24)22-11-5-2-6-12-22/h1-7,9-14,17,20H,8,15-16,18-19H2,(H,29,34). The Kier molecular flexibility index (Phi) is 6.21. The largest absolute Gasteiger partial charge is 0.348 e. The van der Waals surface area contributed by atoms with Crippen molar-refractivity contribution < 1.29 is 9.59 Å². The molecule has 1 aliphatic heterocycles. The van der Waals surface area contributed by atoms with Crippen molar-refractivity contribution in [3.63, 3.8) is 0 Å². The molecule has 5 rings (SSSR count). The van der Waals surface area contributed by atoms with Crippen molar-refractivity contribution in [3.8, 4) is 11.3 Å². The zero-order valence-corrected chi connectivity index (χ0v) is 18.9. The van der Waals surface area contributed by atoms with E-state index in [0.29, 0.717) is 31.6 Å². The van der Waals surface area contributed by atoms with Gasteiger partial charge in [-0.3, -0.25) is 14.3 Å². The smallest absolute Gasteiger partial charge is 0.251 e. The van der Waals surface area contributed by atoms with Crippen molar-refractivity contribution in [2.75, 3.05) is 11.4 Å². The van der Waals surface area contributed by atoms with Crippen molar-refractivity contribution >= 4 is 17.5 Å². The number of aromatic nitrogens is 2. The molecule has 1 saturated heterocycles. The number of hydrogen-bond donors (Lipinski definition) is 1. The second-order valence-electron chi connectivity index (χ2n) is 8.43. The summed E-state index contributed by atoms with van der Waals surface area (Å²) in [7, 11) is 0. The molecule has 0 spiro atoms. The summed E-state index contributed by atoms with van der Waals surface area (Å²) in [5.41, 5.74) is 5.28. The van der Waals surface area contributed by atoms with Gasteiger partial charge in [0.1, 0.15) is 0 Å². The molecule has 6 nitrogen and oxygen atoms in total. The summed E-state index contributed by atoms with van der Waals surface area (Å²) < 4.78 is 1.92. The highest BCUT2D eigenvalue weighted by Gasteiger charge is 2.22. The first-order valence-electron chi connectivity index (χ1n) is 11.5. The molecule has 0 bridgehead atoms. The Hall–Kier alpha value is -4.19. The Bertz CT molecular complexity index is 1300. The maximum Gasteiger partial charge on any atom is 0.251 e. The number of carbonyl (C=O) groups is 2. The van der Waals surface area contributed by atoms with Crippen LogP contribution in [0.15, 0.2) is 91.1 Å². The van der Waals surface area contributed by atoms with Gasteiger partial charge in [-0.25, -0.2) is 0 Å². The molecule has 2 amide bonds. The second kappa shape index (κ2) is 9.75. The third-order valence-corrected chi connectivity index (χ3v) is 6.00. The lowest BCUT2D eigenvalue weighted by atomic mass is 10.1. The van der Waals surface area contributed by atoms with E-state index in [9.17, 15) is 9.59 Å². The van der Waals surface area contributed by atoms with Crippen LogP contribution < -0.4 is 10.2 Å². The highest BCUT2D eigenvalue weighted by atomic mass is 16.2. The second-order valence-corrected chi connectivity index (χ2v) is 8.43. The number of rotatable bonds is 7.